The quantitative estimate of drug-likeness (QED) is 0.239. The molecule has 1 spiro atoms. The van der Waals surface area contributed by atoms with Crippen molar-refractivity contribution in [3.8, 4) is 17.0 Å². The van der Waals surface area contributed by atoms with Crippen LogP contribution in [0.5, 0.6) is 5.75 Å². The Kier molecular flexibility index (Phi) is 6.87. The number of nitrogens with one attached hydrogen (secondary N) is 1. The van der Waals surface area contributed by atoms with E-state index >= 15 is 4.39 Å². The van der Waals surface area contributed by atoms with Gasteiger partial charge in [-0.1, -0.05) is 13.0 Å². The van der Waals surface area contributed by atoms with Crippen LogP contribution in [-0.2, 0) is 11.2 Å². The van der Waals surface area contributed by atoms with E-state index in [4.69, 9.17) is 21.1 Å². The summed E-state index contributed by atoms with van der Waals surface area (Å²) in [6, 6.07) is 6.44. The van der Waals surface area contributed by atoms with Gasteiger partial charge < -0.3 is 19.9 Å². The van der Waals surface area contributed by atoms with E-state index in [1.165, 1.54) is 19.4 Å². The molecule has 1 saturated heterocycles. The third-order valence-corrected chi connectivity index (χ3v) is 8.41. The summed E-state index contributed by atoms with van der Waals surface area (Å²) < 4.78 is 42.0. The second kappa shape index (κ2) is 10.2. The van der Waals surface area contributed by atoms with Crippen molar-refractivity contribution in [3.63, 3.8) is 0 Å². The first kappa shape index (κ1) is 26.3. The molecule has 39 heavy (non-hydrogen) atoms. The number of fused-ring (bicyclic) bond motifs is 2. The fourth-order valence-electron chi connectivity index (χ4n) is 6.52. The lowest BCUT2D eigenvalue weighted by atomic mass is 9.53. The number of aliphatic hydroxyl groups excluding tert-OH is 1. The Hall–Kier alpha value is -2.98. The van der Waals surface area contributed by atoms with Crippen LogP contribution < -0.4 is 10.1 Å². The van der Waals surface area contributed by atoms with E-state index in [1.807, 2.05) is 6.92 Å². The molecule has 2 fully saturated rings. The Morgan fingerprint density at radius 1 is 1.23 bits per heavy atom. The van der Waals surface area contributed by atoms with Gasteiger partial charge in [0.1, 0.15) is 22.8 Å². The second-order valence-corrected chi connectivity index (χ2v) is 10.8. The maximum atomic E-state index is 16.4. The van der Waals surface area contributed by atoms with E-state index < -0.39 is 11.9 Å². The van der Waals surface area contributed by atoms with Crippen LogP contribution in [0.15, 0.2) is 30.5 Å². The van der Waals surface area contributed by atoms with Crippen LogP contribution in [0, 0.1) is 17.0 Å². The molecule has 3 unspecified atom stereocenters. The molecule has 7 nitrogen and oxygen atoms in total. The lowest BCUT2D eigenvalue weighted by Crippen LogP contribution is -2.57. The molecule has 0 radical (unpaired) electrons. The maximum absolute atomic E-state index is 16.4. The lowest BCUT2D eigenvalue weighted by Gasteiger charge is -2.55. The van der Waals surface area contributed by atoms with Gasteiger partial charge in [0.25, 0.3) is 0 Å². The molecule has 3 heterocycles. The third kappa shape index (κ3) is 4.32. The van der Waals surface area contributed by atoms with Gasteiger partial charge in [0.2, 0.25) is 5.28 Å². The van der Waals surface area contributed by atoms with Crippen molar-refractivity contribution < 1.29 is 23.4 Å². The summed E-state index contributed by atoms with van der Waals surface area (Å²) in [6.45, 7) is 3.52. The van der Waals surface area contributed by atoms with Crippen molar-refractivity contribution in [1.82, 2.24) is 20.3 Å². The first-order valence-corrected chi connectivity index (χ1v) is 13.5. The zero-order chi connectivity index (χ0) is 27.3. The number of methoxy groups -OCH3 is 1. The van der Waals surface area contributed by atoms with Crippen molar-refractivity contribution in [2.24, 2.45) is 5.41 Å². The number of piperidine rings is 1. The SMILES string of the molecule is CCc1c(F)ccc2cc(OCOC)cc(-c3ncc4c(C5C(O)CC56CCCNC6)nc(Cl)nc4c3F)c12. The van der Waals surface area contributed by atoms with Crippen LogP contribution >= 0.6 is 11.6 Å². The van der Waals surface area contributed by atoms with Crippen LogP contribution in [0.1, 0.15) is 43.4 Å². The molecule has 204 valence electrons. The van der Waals surface area contributed by atoms with Crippen LogP contribution in [-0.4, -0.2) is 53.2 Å². The predicted molar refractivity (Wildman–Crippen MR) is 145 cm³/mol. The highest BCUT2D eigenvalue weighted by molar-refractivity contribution is 6.28. The minimum absolute atomic E-state index is 0.000382. The number of benzene rings is 2. The second-order valence-electron chi connectivity index (χ2n) is 10.5. The molecule has 2 aromatic carbocycles. The number of hydrogen-bond acceptors (Lipinski definition) is 7. The standard InChI is InChI=1S/C29H29ClF2N4O3/c1-3-17-20(31)6-5-15-9-16(39-14-38-2)10-18(22(15)17)26-24(32)27-19(12-34-26)25(35-28(30)36-27)23-21(37)11-29(23)7-4-8-33-13-29/h5-6,9-10,12,21,23,33,37H,3-4,7-8,11,13-14H2,1-2H3. The molecule has 2 aliphatic rings. The average Bonchev–Trinajstić information content (AvgIpc) is 2.92. The molecule has 10 heteroatoms. The summed E-state index contributed by atoms with van der Waals surface area (Å²) in [5.74, 6) is -0.956. The summed E-state index contributed by atoms with van der Waals surface area (Å²) in [5.41, 5.74) is 1.18. The van der Waals surface area contributed by atoms with Crippen LogP contribution in [0.25, 0.3) is 32.9 Å². The Balaban J connectivity index is 1.57. The van der Waals surface area contributed by atoms with Crippen molar-refractivity contribution in [3.05, 3.63) is 58.6 Å². The van der Waals surface area contributed by atoms with Crippen LogP contribution in [0.3, 0.4) is 0 Å². The fourth-order valence-corrected chi connectivity index (χ4v) is 6.69. The Bertz CT molecular complexity index is 1570. The van der Waals surface area contributed by atoms with Crippen LogP contribution in [0.2, 0.25) is 5.28 Å². The third-order valence-electron chi connectivity index (χ3n) is 8.24. The van der Waals surface area contributed by atoms with Gasteiger partial charge in [-0.3, -0.25) is 4.98 Å². The van der Waals surface area contributed by atoms with Gasteiger partial charge in [0, 0.05) is 36.7 Å². The molecule has 6 rings (SSSR count). The number of rotatable bonds is 6. The Morgan fingerprint density at radius 2 is 2.08 bits per heavy atom. The van der Waals surface area contributed by atoms with Gasteiger partial charge in [0.15, 0.2) is 12.6 Å². The number of aliphatic hydroxyl groups is 1. The number of halogens is 3. The molecule has 4 aromatic rings. The van der Waals surface area contributed by atoms with Gasteiger partial charge in [-0.15, -0.1) is 0 Å². The predicted octanol–water partition coefficient (Wildman–Crippen LogP) is 5.54. The molecule has 1 aliphatic carbocycles. The first-order valence-electron chi connectivity index (χ1n) is 13.1. The van der Waals surface area contributed by atoms with E-state index in [2.05, 4.69) is 20.3 Å². The van der Waals surface area contributed by atoms with Gasteiger partial charge in [-0.25, -0.2) is 18.7 Å². The van der Waals surface area contributed by atoms with Gasteiger partial charge >= 0.3 is 0 Å². The molecule has 3 atom stereocenters. The molecule has 1 aliphatic heterocycles. The van der Waals surface area contributed by atoms with Crippen molar-refractivity contribution in [2.75, 3.05) is 27.0 Å². The average molecular weight is 555 g/mol. The summed E-state index contributed by atoms with van der Waals surface area (Å²) in [4.78, 5) is 13.3. The molecule has 1 saturated carbocycles. The topological polar surface area (TPSA) is 89.4 Å². The number of pyridine rings is 1. The number of aryl methyl sites for hydroxylation is 1. The minimum atomic E-state index is -0.695. The smallest absolute Gasteiger partial charge is 0.223 e. The zero-order valence-electron chi connectivity index (χ0n) is 21.7. The summed E-state index contributed by atoms with van der Waals surface area (Å²) in [6.07, 6.45) is 3.89. The fraction of sp³-hybridized carbons (Fsp3) is 0.414. The van der Waals surface area contributed by atoms with Crippen molar-refractivity contribution >= 4 is 33.3 Å². The zero-order valence-corrected chi connectivity index (χ0v) is 22.5. The van der Waals surface area contributed by atoms with E-state index in [1.54, 1.807) is 18.2 Å². The minimum Gasteiger partial charge on any atom is -0.468 e. The molecule has 0 bridgehead atoms. The first-order chi connectivity index (χ1) is 18.9. The van der Waals surface area contributed by atoms with E-state index in [0.29, 0.717) is 51.6 Å². The van der Waals surface area contributed by atoms with Gasteiger partial charge in [0.05, 0.1) is 11.8 Å². The van der Waals surface area contributed by atoms with E-state index in [9.17, 15) is 9.50 Å². The largest absolute Gasteiger partial charge is 0.468 e. The van der Waals surface area contributed by atoms with Crippen molar-refractivity contribution in [1.29, 1.82) is 0 Å². The van der Waals surface area contributed by atoms with E-state index in [-0.39, 0.29) is 40.4 Å². The summed E-state index contributed by atoms with van der Waals surface area (Å²) >= 11 is 6.35. The number of nitrogens with zero attached hydrogens (tertiary/aromatic N) is 3. The molecule has 2 N–H and O–H groups in total. The molecule has 0 amide bonds. The Labute approximate surface area is 229 Å². The number of aromatic nitrogens is 3. The normalized spacial score (nSPS) is 22.9. The highest BCUT2D eigenvalue weighted by Crippen LogP contribution is 2.57. The van der Waals surface area contributed by atoms with Gasteiger partial charge in [-0.2, -0.15) is 0 Å². The summed E-state index contributed by atoms with van der Waals surface area (Å²) in [7, 11) is 1.50. The number of hydrogen-bond donors (Lipinski definition) is 2. The molecular formula is C29H29ClF2N4O3. The maximum Gasteiger partial charge on any atom is 0.223 e. The highest BCUT2D eigenvalue weighted by Gasteiger charge is 2.55. The number of ether oxygens (including phenoxy) is 2. The molecular weight excluding hydrogens is 526 g/mol. The van der Waals surface area contributed by atoms with Crippen LogP contribution in [0.4, 0.5) is 8.78 Å². The molecule has 2 aromatic heterocycles. The lowest BCUT2D eigenvalue weighted by molar-refractivity contribution is -0.0768. The van der Waals surface area contributed by atoms with E-state index in [0.717, 1.165) is 25.9 Å². The van der Waals surface area contributed by atoms with Gasteiger partial charge in [-0.05, 0) is 83.8 Å². The Morgan fingerprint density at radius 3 is 2.79 bits per heavy atom. The summed E-state index contributed by atoms with van der Waals surface area (Å²) in [5, 5.41) is 15.8. The van der Waals surface area contributed by atoms with Crippen molar-refractivity contribution in [2.45, 2.75) is 44.6 Å². The highest BCUT2D eigenvalue weighted by atomic mass is 35.5. The monoisotopic (exact) mass is 554 g/mol.